The van der Waals surface area contributed by atoms with E-state index in [2.05, 4.69) is 55.4 Å². The van der Waals surface area contributed by atoms with Crippen LogP contribution >= 0.6 is 0 Å². The zero-order chi connectivity index (χ0) is 19.0. The molecule has 2 nitrogen and oxygen atoms in total. The fraction of sp³-hybridized carbons (Fsp3) is 0.478. The third-order valence-electron chi connectivity index (χ3n) is 6.18. The Hall–Kier alpha value is -1.96. The summed E-state index contributed by atoms with van der Waals surface area (Å²) in [5.74, 6) is 2.04. The predicted molar refractivity (Wildman–Crippen MR) is 107 cm³/mol. The molecule has 2 aromatic rings. The highest BCUT2D eigenvalue weighted by atomic mass is 16.5. The third kappa shape index (κ3) is 3.03. The smallest absolute Gasteiger partial charge is 0.125 e. The van der Waals surface area contributed by atoms with Crippen LogP contribution in [0.5, 0.6) is 11.5 Å². The largest absolute Gasteiger partial charge is 0.496 e. The second-order valence-electron chi connectivity index (χ2n) is 7.20. The van der Waals surface area contributed by atoms with E-state index in [1.54, 1.807) is 14.2 Å². The van der Waals surface area contributed by atoms with Gasteiger partial charge >= 0.3 is 0 Å². The molecule has 0 saturated carbocycles. The molecule has 2 rings (SSSR count). The van der Waals surface area contributed by atoms with Gasteiger partial charge in [-0.1, -0.05) is 0 Å². The molecule has 0 radical (unpaired) electrons. The molecule has 0 bridgehead atoms. The van der Waals surface area contributed by atoms with Crippen LogP contribution in [-0.2, 0) is 6.42 Å². The summed E-state index contributed by atoms with van der Waals surface area (Å²) in [6.45, 7) is 17.5. The molecule has 0 aliphatic heterocycles. The van der Waals surface area contributed by atoms with Crippen molar-refractivity contribution in [3.8, 4) is 11.5 Å². The molecule has 0 spiro atoms. The van der Waals surface area contributed by atoms with Crippen molar-refractivity contribution in [3.05, 3.63) is 55.6 Å². The van der Waals surface area contributed by atoms with Crippen LogP contribution in [-0.4, -0.2) is 14.2 Å². The standard InChI is InChI=1S/C23H32O2/c1-12-16(5)22(24-9)17(6)13(2)20(12)11-21-14(3)18(7)23(25-10)19(8)15(21)4/h11H2,1-10H3. The quantitative estimate of drug-likeness (QED) is 0.704. The first-order valence-electron chi connectivity index (χ1n) is 8.93. The van der Waals surface area contributed by atoms with Crippen LogP contribution in [0.15, 0.2) is 0 Å². The van der Waals surface area contributed by atoms with E-state index < -0.39 is 0 Å². The maximum atomic E-state index is 5.64. The van der Waals surface area contributed by atoms with Gasteiger partial charge in [-0.2, -0.15) is 0 Å². The summed E-state index contributed by atoms with van der Waals surface area (Å²) < 4.78 is 11.3. The van der Waals surface area contributed by atoms with Crippen molar-refractivity contribution < 1.29 is 9.47 Å². The molecule has 2 heteroatoms. The van der Waals surface area contributed by atoms with E-state index in [0.29, 0.717) is 0 Å². The Bertz CT molecular complexity index is 701. The molecule has 0 N–H and O–H groups in total. The fourth-order valence-corrected chi connectivity index (χ4v) is 4.03. The average Bonchev–Trinajstić information content (AvgIpc) is 2.59. The predicted octanol–water partition coefficient (Wildman–Crippen LogP) is 5.76. The third-order valence-corrected chi connectivity index (χ3v) is 6.18. The maximum Gasteiger partial charge on any atom is 0.125 e. The fourth-order valence-electron chi connectivity index (χ4n) is 4.03. The normalized spacial score (nSPS) is 11.0. The van der Waals surface area contributed by atoms with Gasteiger partial charge in [0.1, 0.15) is 11.5 Å². The van der Waals surface area contributed by atoms with Gasteiger partial charge in [0.25, 0.3) is 0 Å². The van der Waals surface area contributed by atoms with E-state index >= 15 is 0 Å². The lowest BCUT2D eigenvalue weighted by Crippen LogP contribution is -2.08. The monoisotopic (exact) mass is 340 g/mol. The van der Waals surface area contributed by atoms with Crippen LogP contribution in [0.1, 0.15) is 55.6 Å². The van der Waals surface area contributed by atoms with Gasteiger partial charge in [0.05, 0.1) is 14.2 Å². The van der Waals surface area contributed by atoms with Crippen molar-refractivity contribution in [2.24, 2.45) is 0 Å². The van der Waals surface area contributed by atoms with E-state index in [4.69, 9.17) is 9.47 Å². The Morgan fingerprint density at radius 1 is 0.440 bits per heavy atom. The van der Waals surface area contributed by atoms with Gasteiger partial charge in [-0.15, -0.1) is 0 Å². The molecule has 0 atom stereocenters. The van der Waals surface area contributed by atoms with Crippen molar-refractivity contribution in [2.45, 2.75) is 61.8 Å². The molecule has 0 unspecified atom stereocenters. The molecule has 0 aliphatic carbocycles. The minimum Gasteiger partial charge on any atom is -0.496 e. The molecule has 2 aromatic carbocycles. The second kappa shape index (κ2) is 7.11. The van der Waals surface area contributed by atoms with E-state index in [9.17, 15) is 0 Å². The summed E-state index contributed by atoms with van der Waals surface area (Å²) in [7, 11) is 3.52. The minimum absolute atomic E-state index is 0.951. The van der Waals surface area contributed by atoms with Crippen molar-refractivity contribution in [1.29, 1.82) is 0 Å². The van der Waals surface area contributed by atoms with E-state index in [-0.39, 0.29) is 0 Å². The van der Waals surface area contributed by atoms with Gasteiger partial charge in [-0.3, -0.25) is 0 Å². The highest BCUT2D eigenvalue weighted by Gasteiger charge is 2.20. The van der Waals surface area contributed by atoms with Crippen molar-refractivity contribution in [1.82, 2.24) is 0 Å². The van der Waals surface area contributed by atoms with Crippen LogP contribution in [0.25, 0.3) is 0 Å². The number of hydrogen-bond acceptors (Lipinski definition) is 2. The van der Waals surface area contributed by atoms with Gasteiger partial charge in [-0.05, 0) is 117 Å². The maximum absolute atomic E-state index is 5.64. The lowest BCUT2D eigenvalue weighted by molar-refractivity contribution is 0.407. The number of hydrogen-bond donors (Lipinski definition) is 0. The molecule has 25 heavy (non-hydrogen) atoms. The lowest BCUT2D eigenvalue weighted by Gasteiger charge is -2.23. The summed E-state index contributed by atoms with van der Waals surface area (Å²) in [6.07, 6.45) is 0.951. The average molecular weight is 341 g/mol. The van der Waals surface area contributed by atoms with Gasteiger partial charge in [0.2, 0.25) is 0 Å². The Balaban J connectivity index is 2.70. The van der Waals surface area contributed by atoms with E-state index in [0.717, 1.165) is 17.9 Å². The minimum atomic E-state index is 0.951. The topological polar surface area (TPSA) is 18.5 Å². The molecule has 0 amide bonds. The number of methoxy groups -OCH3 is 2. The summed E-state index contributed by atoms with van der Waals surface area (Å²) >= 11 is 0. The lowest BCUT2D eigenvalue weighted by atomic mass is 9.84. The number of rotatable bonds is 4. The summed E-state index contributed by atoms with van der Waals surface area (Å²) in [4.78, 5) is 0. The Labute approximate surface area is 153 Å². The Morgan fingerprint density at radius 3 is 0.880 bits per heavy atom. The summed E-state index contributed by atoms with van der Waals surface area (Å²) in [5, 5.41) is 0. The van der Waals surface area contributed by atoms with Gasteiger partial charge in [0, 0.05) is 0 Å². The van der Waals surface area contributed by atoms with Crippen LogP contribution in [0.2, 0.25) is 0 Å². The zero-order valence-electron chi connectivity index (χ0n) is 17.5. The van der Waals surface area contributed by atoms with Crippen LogP contribution < -0.4 is 9.47 Å². The Morgan fingerprint density at radius 2 is 0.680 bits per heavy atom. The number of benzene rings is 2. The molecule has 136 valence electrons. The molecular formula is C23H32O2. The molecule has 0 aliphatic rings. The molecule has 0 aromatic heterocycles. The van der Waals surface area contributed by atoms with Gasteiger partial charge in [0.15, 0.2) is 0 Å². The van der Waals surface area contributed by atoms with Crippen LogP contribution in [0.3, 0.4) is 0 Å². The van der Waals surface area contributed by atoms with Crippen LogP contribution in [0.4, 0.5) is 0 Å². The molecule has 0 saturated heterocycles. The first kappa shape index (κ1) is 19.4. The first-order chi connectivity index (χ1) is 11.7. The molecular weight excluding hydrogens is 308 g/mol. The van der Waals surface area contributed by atoms with Crippen LogP contribution in [0, 0.1) is 55.4 Å². The Kier molecular flexibility index (Phi) is 5.51. The first-order valence-corrected chi connectivity index (χ1v) is 8.93. The second-order valence-corrected chi connectivity index (χ2v) is 7.20. The number of ether oxygens (including phenoxy) is 2. The van der Waals surface area contributed by atoms with Crippen molar-refractivity contribution in [3.63, 3.8) is 0 Å². The van der Waals surface area contributed by atoms with E-state index in [1.165, 1.54) is 55.6 Å². The highest BCUT2D eigenvalue weighted by molar-refractivity contribution is 5.59. The van der Waals surface area contributed by atoms with Crippen molar-refractivity contribution >= 4 is 0 Å². The molecule has 0 heterocycles. The van der Waals surface area contributed by atoms with Gasteiger partial charge in [-0.25, -0.2) is 0 Å². The van der Waals surface area contributed by atoms with Gasteiger partial charge < -0.3 is 9.47 Å². The summed E-state index contributed by atoms with van der Waals surface area (Å²) in [5.41, 5.74) is 13.2. The van der Waals surface area contributed by atoms with E-state index in [1.807, 2.05) is 0 Å². The highest BCUT2D eigenvalue weighted by Crippen LogP contribution is 2.37. The summed E-state index contributed by atoms with van der Waals surface area (Å²) in [6, 6.07) is 0. The SMILES string of the molecule is COc1c(C)c(C)c(Cc2c(C)c(C)c(OC)c(C)c2C)c(C)c1C. The molecule has 0 fully saturated rings. The zero-order valence-corrected chi connectivity index (χ0v) is 17.5. The van der Waals surface area contributed by atoms with Crippen molar-refractivity contribution in [2.75, 3.05) is 14.2 Å².